The first-order valence-corrected chi connectivity index (χ1v) is 11.2. The summed E-state index contributed by atoms with van der Waals surface area (Å²) in [6.07, 6.45) is 7.85. The standard InChI is InChI=1S/C22H29N3O3S/c1-27-17-7-13-29-18(17)14-23-15-20(26)25-22(19-6-2-5-11-24-19)10-12-28-21(16-22)8-3-4-9-21/h2,5-7,11,13,23H,3-4,8-10,12,14-16H2,1H3,(H,25,26). The number of carbonyl (C=O) groups excluding carboxylic acids is 1. The van der Waals surface area contributed by atoms with E-state index in [2.05, 4.69) is 15.6 Å². The molecular weight excluding hydrogens is 386 g/mol. The predicted molar refractivity (Wildman–Crippen MR) is 113 cm³/mol. The van der Waals surface area contributed by atoms with Gasteiger partial charge in [-0.3, -0.25) is 9.78 Å². The van der Waals surface area contributed by atoms with Crippen molar-refractivity contribution in [3.05, 3.63) is 46.4 Å². The van der Waals surface area contributed by atoms with Gasteiger partial charge in [0.1, 0.15) is 5.75 Å². The number of nitrogens with zero attached hydrogens (tertiary/aromatic N) is 1. The molecule has 1 saturated carbocycles. The molecule has 1 aliphatic carbocycles. The fourth-order valence-corrected chi connectivity index (χ4v) is 5.56. The number of nitrogens with one attached hydrogen (secondary N) is 2. The number of thiophene rings is 1. The fourth-order valence-electron chi connectivity index (χ4n) is 4.75. The predicted octanol–water partition coefficient (Wildman–Crippen LogP) is 3.38. The SMILES string of the molecule is COc1ccsc1CNCC(=O)NC1(c2ccccn2)CCOC2(CCCC2)C1. The van der Waals surface area contributed by atoms with Crippen LogP contribution in [0.3, 0.4) is 0 Å². The first-order valence-electron chi connectivity index (χ1n) is 10.3. The Bertz CT molecular complexity index is 820. The number of methoxy groups -OCH3 is 1. The van der Waals surface area contributed by atoms with E-state index in [1.807, 2.05) is 29.6 Å². The van der Waals surface area contributed by atoms with E-state index < -0.39 is 5.54 Å². The highest BCUT2D eigenvalue weighted by Gasteiger charge is 2.49. The van der Waals surface area contributed by atoms with Crippen LogP contribution in [-0.4, -0.2) is 36.8 Å². The minimum absolute atomic E-state index is 0.0128. The van der Waals surface area contributed by atoms with Crippen molar-refractivity contribution < 1.29 is 14.3 Å². The molecule has 2 aromatic rings. The van der Waals surface area contributed by atoms with Crippen molar-refractivity contribution in [2.45, 2.75) is 56.2 Å². The Hall–Kier alpha value is -1.96. The lowest BCUT2D eigenvalue weighted by Gasteiger charge is -2.46. The Labute approximate surface area is 176 Å². The number of hydrogen-bond acceptors (Lipinski definition) is 6. The molecule has 3 heterocycles. The quantitative estimate of drug-likeness (QED) is 0.725. The van der Waals surface area contributed by atoms with E-state index in [4.69, 9.17) is 9.47 Å². The third-order valence-corrected chi connectivity index (χ3v) is 7.01. The molecule has 29 heavy (non-hydrogen) atoms. The van der Waals surface area contributed by atoms with Crippen LogP contribution in [0, 0.1) is 0 Å². The fraction of sp³-hybridized carbons (Fsp3) is 0.545. The van der Waals surface area contributed by atoms with Crippen LogP contribution in [0.4, 0.5) is 0 Å². The van der Waals surface area contributed by atoms with Gasteiger partial charge in [-0.1, -0.05) is 18.9 Å². The van der Waals surface area contributed by atoms with Crippen LogP contribution in [0.15, 0.2) is 35.8 Å². The average molecular weight is 416 g/mol. The van der Waals surface area contributed by atoms with Gasteiger partial charge in [0.2, 0.25) is 5.91 Å². The lowest BCUT2D eigenvalue weighted by molar-refractivity contribution is -0.132. The number of rotatable bonds is 7. The first kappa shape index (κ1) is 20.3. The normalized spacial score (nSPS) is 23.2. The molecule has 2 N–H and O–H groups in total. The third-order valence-electron chi connectivity index (χ3n) is 6.11. The number of amides is 1. The average Bonchev–Trinajstić information content (AvgIpc) is 3.38. The molecule has 1 atom stereocenters. The molecule has 156 valence electrons. The van der Waals surface area contributed by atoms with Gasteiger partial charge in [0.05, 0.1) is 35.4 Å². The highest BCUT2D eigenvalue weighted by molar-refractivity contribution is 7.10. The molecular formula is C22H29N3O3S. The molecule has 7 heteroatoms. The van der Waals surface area contributed by atoms with Gasteiger partial charge in [-0.05, 0) is 42.8 Å². The Morgan fingerprint density at radius 3 is 2.90 bits per heavy atom. The molecule has 2 aromatic heterocycles. The number of carbonyl (C=O) groups is 1. The van der Waals surface area contributed by atoms with E-state index in [-0.39, 0.29) is 18.1 Å². The van der Waals surface area contributed by atoms with Gasteiger partial charge >= 0.3 is 0 Å². The molecule has 0 radical (unpaired) electrons. The van der Waals surface area contributed by atoms with Crippen LogP contribution in [0.2, 0.25) is 0 Å². The minimum atomic E-state index is -0.469. The zero-order valence-corrected chi connectivity index (χ0v) is 17.7. The summed E-state index contributed by atoms with van der Waals surface area (Å²) < 4.78 is 11.6. The number of aromatic nitrogens is 1. The van der Waals surface area contributed by atoms with Crippen molar-refractivity contribution in [2.24, 2.45) is 0 Å². The number of hydrogen-bond donors (Lipinski definition) is 2. The summed E-state index contributed by atoms with van der Waals surface area (Å²) in [4.78, 5) is 18.6. The van der Waals surface area contributed by atoms with Crippen molar-refractivity contribution in [1.29, 1.82) is 0 Å². The van der Waals surface area contributed by atoms with Crippen molar-refractivity contribution in [2.75, 3.05) is 20.3 Å². The van der Waals surface area contributed by atoms with Crippen molar-refractivity contribution in [1.82, 2.24) is 15.6 Å². The van der Waals surface area contributed by atoms with Gasteiger partial charge in [0.25, 0.3) is 0 Å². The van der Waals surface area contributed by atoms with E-state index in [1.165, 1.54) is 12.8 Å². The summed E-state index contributed by atoms with van der Waals surface area (Å²) in [5, 5.41) is 8.58. The molecule has 1 amide bonds. The summed E-state index contributed by atoms with van der Waals surface area (Å²) >= 11 is 1.62. The van der Waals surface area contributed by atoms with Crippen LogP contribution in [-0.2, 0) is 21.6 Å². The van der Waals surface area contributed by atoms with Crippen molar-refractivity contribution in [3.63, 3.8) is 0 Å². The maximum absolute atomic E-state index is 12.9. The van der Waals surface area contributed by atoms with Crippen LogP contribution in [0.5, 0.6) is 5.75 Å². The highest BCUT2D eigenvalue weighted by atomic mass is 32.1. The molecule has 1 spiro atoms. The maximum Gasteiger partial charge on any atom is 0.234 e. The Kier molecular flexibility index (Phi) is 6.18. The second-order valence-electron chi connectivity index (χ2n) is 8.03. The molecule has 1 aliphatic heterocycles. The molecule has 0 bridgehead atoms. The second kappa shape index (κ2) is 8.81. The topological polar surface area (TPSA) is 72.5 Å². The lowest BCUT2D eigenvalue weighted by Crippen LogP contribution is -2.57. The van der Waals surface area contributed by atoms with E-state index in [0.717, 1.165) is 42.0 Å². The zero-order valence-electron chi connectivity index (χ0n) is 16.9. The summed E-state index contributed by atoms with van der Waals surface area (Å²) in [5.74, 6) is 0.849. The van der Waals surface area contributed by atoms with Crippen LogP contribution in [0.25, 0.3) is 0 Å². The van der Waals surface area contributed by atoms with Gasteiger partial charge in [-0.15, -0.1) is 11.3 Å². The maximum atomic E-state index is 12.9. The van der Waals surface area contributed by atoms with E-state index in [0.29, 0.717) is 13.2 Å². The zero-order chi connectivity index (χ0) is 20.2. The first-order chi connectivity index (χ1) is 14.1. The smallest absolute Gasteiger partial charge is 0.234 e. The van der Waals surface area contributed by atoms with Gasteiger partial charge in [-0.25, -0.2) is 0 Å². The monoisotopic (exact) mass is 415 g/mol. The molecule has 2 aliphatic rings. The summed E-state index contributed by atoms with van der Waals surface area (Å²) in [5.41, 5.74) is 0.340. The summed E-state index contributed by atoms with van der Waals surface area (Å²) in [6.45, 7) is 1.51. The molecule has 6 nitrogen and oxygen atoms in total. The van der Waals surface area contributed by atoms with E-state index >= 15 is 0 Å². The van der Waals surface area contributed by atoms with Gasteiger partial charge in [0.15, 0.2) is 0 Å². The molecule has 2 fully saturated rings. The van der Waals surface area contributed by atoms with Crippen LogP contribution >= 0.6 is 11.3 Å². The van der Waals surface area contributed by atoms with Crippen LogP contribution in [0.1, 0.15) is 49.1 Å². The van der Waals surface area contributed by atoms with Crippen molar-refractivity contribution in [3.8, 4) is 5.75 Å². The Balaban J connectivity index is 1.45. The van der Waals surface area contributed by atoms with E-state index in [9.17, 15) is 4.79 Å². The number of ether oxygens (including phenoxy) is 2. The Morgan fingerprint density at radius 2 is 2.14 bits per heavy atom. The molecule has 4 rings (SSSR count). The summed E-state index contributed by atoms with van der Waals surface area (Å²) in [7, 11) is 1.67. The third kappa shape index (κ3) is 4.47. The molecule has 0 aromatic carbocycles. The van der Waals surface area contributed by atoms with E-state index in [1.54, 1.807) is 24.6 Å². The summed E-state index contributed by atoms with van der Waals surface area (Å²) in [6, 6.07) is 7.88. The van der Waals surface area contributed by atoms with Crippen molar-refractivity contribution >= 4 is 17.2 Å². The largest absolute Gasteiger partial charge is 0.496 e. The van der Waals surface area contributed by atoms with Gasteiger partial charge < -0.3 is 20.1 Å². The second-order valence-corrected chi connectivity index (χ2v) is 9.03. The minimum Gasteiger partial charge on any atom is -0.496 e. The lowest BCUT2D eigenvalue weighted by atomic mass is 9.76. The number of pyridine rings is 1. The Morgan fingerprint density at radius 1 is 1.28 bits per heavy atom. The molecule has 1 unspecified atom stereocenters. The highest BCUT2D eigenvalue weighted by Crippen LogP contribution is 2.46. The molecule has 1 saturated heterocycles. The van der Waals surface area contributed by atoms with Gasteiger partial charge in [0, 0.05) is 25.8 Å². The van der Waals surface area contributed by atoms with Crippen LogP contribution < -0.4 is 15.4 Å². The van der Waals surface area contributed by atoms with Gasteiger partial charge in [-0.2, -0.15) is 0 Å².